The van der Waals surface area contributed by atoms with Gasteiger partial charge in [-0.05, 0) is 24.5 Å². The van der Waals surface area contributed by atoms with E-state index in [-0.39, 0.29) is 17.8 Å². The van der Waals surface area contributed by atoms with E-state index in [4.69, 9.17) is 11.1 Å². The van der Waals surface area contributed by atoms with Gasteiger partial charge in [-0.15, -0.1) is 0 Å². The van der Waals surface area contributed by atoms with E-state index in [1.54, 1.807) is 0 Å². The van der Waals surface area contributed by atoms with E-state index in [1.807, 2.05) is 61.5 Å². The molecule has 0 saturated carbocycles. The second kappa shape index (κ2) is 6.70. The van der Waals surface area contributed by atoms with Crippen molar-refractivity contribution in [1.82, 2.24) is 5.32 Å². The first kappa shape index (κ1) is 14.8. The maximum absolute atomic E-state index is 12.3. The molecule has 4 N–H and O–H groups in total. The molecule has 0 aliphatic rings. The highest BCUT2D eigenvalue weighted by atomic mass is 16.2. The molecule has 2 aromatic rings. The van der Waals surface area contributed by atoms with Crippen molar-refractivity contribution < 1.29 is 4.79 Å². The fraction of sp³-hybridized carbons (Fsp3) is 0.176. The Kier molecular flexibility index (Phi) is 4.72. The Balaban J connectivity index is 2.25. The van der Waals surface area contributed by atoms with Crippen LogP contribution < -0.4 is 11.1 Å². The van der Waals surface area contributed by atoms with Crippen molar-refractivity contribution in [2.24, 2.45) is 5.73 Å². The number of carbonyl (C=O) groups excluding carboxylic acids is 1. The van der Waals surface area contributed by atoms with E-state index < -0.39 is 0 Å². The van der Waals surface area contributed by atoms with E-state index in [2.05, 4.69) is 5.32 Å². The van der Waals surface area contributed by atoms with Crippen LogP contribution >= 0.6 is 0 Å². The van der Waals surface area contributed by atoms with Gasteiger partial charge in [-0.2, -0.15) is 0 Å². The fourth-order valence-corrected chi connectivity index (χ4v) is 2.23. The average molecular weight is 281 g/mol. The smallest absolute Gasteiger partial charge is 0.234 e. The summed E-state index contributed by atoms with van der Waals surface area (Å²) in [5, 5.41) is 9.63. The van der Waals surface area contributed by atoms with E-state index >= 15 is 0 Å². The zero-order valence-electron chi connectivity index (χ0n) is 12.0. The van der Waals surface area contributed by atoms with Gasteiger partial charge in [0.25, 0.3) is 0 Å². The van der Waals surface area contributed by atoms with Gasteiger partial charge in [0.15, 0.2) is 5.96 Å². The molecule has 2 rings (SSSR count). The number of benzene rings is 2. The Morgan fingerprint density at radius 1 is 1.14 bits per heavy atom. The van der Waals surface area contributed by atoms with Crippen molar-refractivity contribution in [3.05, 3.63) is 71.3 Å². The normalized spacial score (nSPS) is 11.7. The molecule has 0 fully saturated rings. The molecule has 0 aliphatic carbocycles. The third-order valence-electron chi connectivity index (χ3n) is 3.34. The Morgan fingerprint density at radius 2 is 1.76 bits per heavy atom. The first-order chi connectivity index (χ1) is 10.1. The Morgan fingerprint density at radius 3 is 2.33 bits per heavy atom. The molecule has 0 saturated heterocycles. The molecule has 0 heterocycles. The Bertz CT molecular complexity index is 620. The Labute approximate surface area is 124 Å². The predicted molar refractivity (Wildman–Crippen MR) is 84.1 cm³/mol. The summed E-state index contributed by atoms with van der Waals surface area (Å²) in [7, 11) is 0. The highest BCUT2D eigenvalue weighted by Crippen LogP contribution is 2.21. The zero-order valence-corrected chi connectivity index (χ0v) is 12.0. The average Bonchev–Trinajstić information content (AvgIpc) is 2.46. The van der Waals surface area contributed by atoms with Crippen LogP contribution in [0.25, 0.3) is 0 Å². The van der Waals surface area contributed by atoms with Crippen LogP contribution in [0, 0.1) is 12.3 Å². The molecule has 0 bridgehead atoms. The standard InChI is InChI=1S/C17H19N3O/c1-12-7-9-13(10-8-12)11-15(16(21)20-17(18)19)14-5-3-2-4-6-14/h2-10,15H,11H2,1H3,(H4,18,19,20,21)/t15-/m0/s1. The predicted octanol–water partition coefficient (Wildman–Crippen LogP) is 2.33. The van der Waals surface area contributed by atoms with Crippen molar-refractivity contribution in [3.63, 3.8) is 0 Å². The summed E-state index contributed by atoms with van der Waals surface area (Å²) in [4.78, 5) is 12.3. The van der Waals surface area contributed by atoms with Gasteiger partial charge >= 0.3 is 0 Å². The summed E-state index contributed by atoms with van der Waals surface area (Å²) in [5.74, 6) is -0.947. The zero-order chi connectivity index (χ0) is 15.2. The van der Waals surface area contributed by atoms with Crippen molar-refractivity contribution in [1.29, 1.82) is 5.41 Å². The maximum Gasteiger partial charge on any atom is 0.234 e. The van der Waals surface area contributed by atoms with Gasteiger partial charge in [-0.3, -0.25) is 15.5 Å². The Hall–Kier alpha value is -2.62. The number of aryl methyl sites for hydroxylation is 1. The summed E-state index contributed by atoms with van der Waals surface area (Å²) in [6.45, 7) is 2.03. The molecule has 0 radical (unpaired) electrons. The van der Waals surface area contributed by atoms with Gasteiger partial charge in [0, 0.05) is 0 Å². The summed E-state index contributed by atoms with van der Waals surface area (Å²) in [6.07, 6.45) is 0.573. The molecule has 0 aromatic heterocycles. The van der Waals surface area contributed by atoms with Gasteiger partial charge in [-0.1, -0.05) is 60.2 Å². The topological polar surface area (TPSA) is 79.0 Å². The second-order valence-corrected chi connectivity index (χ2v) is 5.06. The van der Waals surface area contributed by atoms with Gasteiger partial charge in [-0.25, -0.2) is 0 Å². The highest BCUT2D eigenvalue weighted by Gasteiger charge is 2.21. The number of nitrogens with two attached hydrogens (primary N) is 1. The van der Waals surface area contributed by atoms with Crippen LogP contribution in [0.4, 0.5) is 0 Å². The molecular formula is C17H19N3O. The summed E-state index contributed by atoms with van der Waals surface area (Å²) in [6, 6.07) is 17.6. The first-order valence-corrected chi connectivity index (χ1v) is 6.81. The van der Waals surface area contributed by atoms with Gasteiger partial charge in [0.05, 0.1) is 5.92 Å². The SMILES string of the molecule is Cc1ccc(C[C@H](C(=O)NC(=N)N)c2ccccc2)cc1. The number of guanidine groups is 1. The molecule has 108 valence electrons. The fourth-order valence-electron chi connectivity index (χ4n) is 2.23. The van der Waals surface area contributed by atoms with Crippen LogP contribution in [0.15, 0.2) is 54.6 Å². The molecule has 4 nitrogen and oxygen atoms in total. The molecule has 2 aromatic carbocycles. The molecular weight excluding hydrogens is 262 g/mol. The largest absolute Gasteiger partial charge is 0.370 e. The summed E-state index contributed by atoms with van der Waals surface area (Å²) in [5.41, 5.74) is 8.45. The van der Waals surface area contributed by atoms with Crippen molar-refractivity contribution in [2.75, 3.05) is 0 Å². The van der Waals surface area contributed by atoms with Crippen molar-refractivity contribution in [3.8, 4) is 0 Å². The molecule has 4 heteroatoms. The summed E-state index contributed by atoms with van der Waals surface area (Å²) >= 11 is 0. The van der Waals surface area contributed by atoms with Crippen LogP contribution in [0.3, 0.4) is 0 Å². The lowest BCUT2D eigenvalue weighted by atomic mass is 9.91. The molecule has 0 aliphatic heterocycles. The van der Waals surface area contributed by atoms with Gasteiger partial charge in [0.1, 0.15) is 0 Å². The third kappa shape index (κ3) is 4.18. The number of carbonyl (C=O) groups is 1. The lowest BCUT2D eigenvalue weighted by molar-refractivity contribution is -0.121. The first-order valence-electron chi connectivity index (χ1n) is 6.81. The van der Waals surface area contributed by atoms with E-state index in [9.17, 15) is 4.79 Å². The second-order valence-electron chi connectivity index (χ2n) is 5.06. The lowest BCUT2D eigenvalue weighted by Crippen LogP contribution is -2.39. The van der Waals surface area contributed by atoms with Crippen LogP contribution in [-0.2, 0) is 11.2 Å². The molecule has 1 amide bonds. The molecule has 0 unspecified atom stereocenters. The quantitative estimate of drug-likeness (QED) is 0.594. The van der Waals surface area contributed by atoms with Crippen molar-refractivity contribution >= 4 is 11.9 Å². The molecule has 21 heavy (non-hydrogen) atoms. The minimum absolute atomic E-state index is 0.255. The van der Waals surface area contributed by atoms with Crippen LogP contribution in [0.5, 0.6) is 0 Å². The maximum atomic E-state index is 12.3. The van der Waals surface area contributed by atoms with Crippen LogP contribution in [-0.4, -0.2) is 11.9 Å². The van der Waals surface area contributed by atoms with Gasteiger partial charge in [0.2, 0.25) is 5.91 Å². The molecule has 0 spiro atoms. The molecule has 1 atom stereocenters. The van der Waals surface area contributed by atoms with Gasteiger partial charge < -0.3 is 5.73 Å². The van der Waals surface area contributed by atoms with Crippen LogP contribution in [0.2, 0.25) is 0 Å². The van der Waals surface area contributed by atoms with E-state index in [0.717, 1.165) is 11.1 Å². The van der Waals surface area contributed by atoms with E-state index in [0.29, 0.717) is 6.42 Å². The minimum Gasteiger partial charge on any atom is -0.370 e. The number of rotatable bonds is 4. The lowest BCUT2D eigenvalue weighted by Gasteiger charge is -2.17. The van der Waals surface area contributed by atoms with E-state index in [1.165, 1.54) is 5.56 Å². The van der Waals surface area contributed by atoms with Crippen LogP contribution in [0.1, 0.15) is 22.6 Å². The highest BCUT2D eigenvalue weighted by molar-refractivity contribution is 5.98. The number of amides is 1. The van der Waals surface area contributed by atoms with Crippen molar-refractivity contribution in [2.45, 2.75) is 19.3 Å². The number of hydrogen-bond donors (Lipinski definition) is 3. The summed E-state index contributed by atoms with van der Waals surface area (Å²) < 4.78 is 0. The third-order valence-corrected chi connectivity index (χ3v) is 3.34. The number of hydrogen-bond acceptors (Lipinski definition) is 2. The minimum atomic E-state index is -0.363. The monoisotopic (exact) mass is 281 g/mol. The number of nitrogens with one attached hydrogen (secondary N) is 2.